The van der Waals surface area contributed by atoms with Gasteiger partial charge in [0, 0.05) is 0 Å². The number of aliphatic hydroxyl groups excluding tert-OH is 1. The average molecular weight is 260 g/mol. The van der Waals surface area contributed by atoms with E-state index in [0.717, 1.165) is 24.8 Å². The van der Waals surface area contributed by atoms with Crippen LogP contribution < -0.4 is 5.73 Å². The van der Waals surface area contributed by atoms with Gasteiger partial charge in [0.1, 0.15) is 5.82 Å². The average Bonchev–Trinajstić information content (AvgIpc) is 2.18. The van der Waals surface area contributed by atoms with Gasteiger partial charge >= 0.3 is 0 Å². The molecule has 0 spiro atoms. The third kappa shape index (κ3) is 2.79. The van der Waals surface area contributed by atoms with Gasteiger partial charge < -0.3 is 10.8 Å². The van der Waals surface area contributed by atoms with Crippen molar-refractivity contribution in [3.8, 4) is 0 Å². The minimum absolute atomic E-state index is 0. The molecular weight excluding hydrogens is 241 g/mol. The lowest BCUT2D eigenvalue weighted by Gasteiger charge is -2.34. The monoisotopic (exact) mass is 259 g/mol. The van der Waals surface area contributed by atoms with Gasteiger partial charge in [-0.3, -0.25) is 0 Å². The summed E-state index contributed by atoms with van der Waals surface area (Å²) < 4.78 is 13.4. The van der Waals surface area contributed by atoms with Crippen molar-refractivity contribution in [3.05, 3.63) is 35.1 Å². The molecule has 0 aromatic heterocycles. The third-order valence-electron chi connectivity index (χ3n) is 3.67. The zero-order valence-corrected chi connectivity index (χ0v) is 10.7. The second-order valence-electron chi connectivity index (χ2n) is 4.66. The van der Waals surface area contributed by atoms with Gasteiger partial charge in [-0.15, -0.1) is 12.4 Å². The lowest BCUT2D eigenvalue weighted by molar-refractivity contribution is 0.0411. The van der Waals surface area contributed by atoms with Gasteiger partial charge in [0.25, 0.3) is 0 Å². The molecule has 17 heavy (non-hydrogen) atoms. The van der Waals surface area contributed by atoms with Crippen LogP contribution in [0.3, 0.4) is 0 Å². The van der Waals surface area contributed by atoms with Crippen LogP contribution >= 0.6 is 12.4 Å². The van der Waals surface area contributed by atoms with Gasteiger partial charge in [-0.2, -0.15) is 0 Å². The summed E-state index contributed by atoms with van der Waals surface area (Å²) in [5.74, 6) is 0.0337. The smallest absolute Gasteiger partial charge is 0.126 e. The summed E-state index contributed by atoms with van der Waals surface area (Å²) in [5.41, 5.74) is 7.27. The normalized spacial score (nSPS) is 19.1. The molecule has 0 saturated heterocycles. The summed E-state index contributed by atoms with van der Waals surface area (Å²) in [7, 11) is 0. The molecule has 1 aromatic rings. The minimum Gasteiger partial charge on any atom is -0.391 e. The highest BCUT2D eigenvalue weighted by atomic mass is 35.5. The molecule has 4 heteroatoms. The Bertz CT molecular complexity index is 382. The summed E-state index contributed by atoms with van der Waals surface area (Å²) >= 11 is 0. The Morgan fingerprint density at radius 2 is 2.06 bits per heavy atom. The first-order valence-electron chi connectivity index (χ1n) is 5.80. The van der Waals surface area contributed by atoms with E-state index >= 15 is 0 Å². The molecule has 0 heterocycles. The van der Waals surface area contributed by atoms with Gasteiger partial charge in [-0.05, 0) is 42.9 Å². The molecule has 96 valence electrons. The Morgan fingerprint density at radius 3 is 2.59 bits per heavy atom. The fraction of sp³-hybridized carbons (Fsp3) is 0.538. The first kappa shape index (κ1) is 14.4. The van der Waals surface area contributed by atoms with E-state index in [1.807, 2.05) is 0 Å². The molecular formula is C13H19ClFNO. The topological polar surface area (TPSA) is 46.2 Å². The molecule has 1 aromatic carbocycles. The number of halogens is 2. The maximum absolute atomic E-state index is 13.4. The number of hydrogen-bond donors (Lipinski definition) is 2. The summed E-state index contributed by atoms with van der Waals surface area (Å²) in [6.07, 6.45) is 2.68. The van der Waals surface area contributed by atoms with E-state index in [0.29, 0.717) is 5.56 Å². The molecule has 2 nitrogen and oxygen atoms in total. The van der Waals surface area contributed by atoms with Crippen LogP contribution in [0.15, 0.2) is 18.2 Å². The van der Waals surface area contributed by atoms with Crippen LogP contribution in [0.1, 0.15) is 36.4 Å². The molecule has 0 radical (unpaired) electrons. The van der Waals surface area contributed by atoms with Crippen LogP contribution in [0, 0.1) is 18.7 Å². The molecule has 0 unspecified atom stereocenters. The zero-order chi connectivity index (χ0) is 11.7. The van der Waals surface area contributed by atoms with Crippen molar-refractivity contribution in [2.45, 2.75) is 38.3 Å². The Morgan fingerprint density at radius 1 is 1.41 bits per heavy atom. The van der Waals surface area contributed by atoms with E-state index in [4.69, 9.17) is 5.73 Å². The van der Waals surface area contributed by atoms with E-state index in [1.165, 1.54) is 6.07 Å². The Labute approximate surface area is 107 Å². The maximum atomic E-state index is 13.4. The van der Waals surface area contributed by atoms with Gasteiger partial charge in [-0.1, -0.05) is 18.6 Å². The summed E-state index contributed by atoms with van der Waals surface area (Å²) in [6, 6.07) is 4.39. The molecule has 1 aliphatic carbocycles. The van der Waals surface area contributed by atoms with Crippen molar-refractivity contribution in [3.63, 3.8) is 0 Å². The largest absolute Gasteiger partial charge is 0.391 e. The van der Waals surface area contributed by atoms with Crippen molar-refractivity contribution < 1.29 is 9.50 Å². The number of rotatable bonds is 3. The summed E-state index contributed by atoms with van der Waals surface area (Å²) in [6.45, 7) is 1.71. The second-order valence-corrected chi connectivity index (χ2v) is 4.66. The first-order chi connectivity index (χ1) is 7.61. The van der Waals surface area contributed by atoms with Crippen LogP contribution in [0.2, 0.25) is 0 Å². The van der Waals surface area contributed by atoms with Crippen molar-refractivity contribution in [2.24, 2.45) is 11.7 Å². The van der Waals surface area contributed by atoms with Gasteiger partial charge in [0.15, 0.2) is 0 Å². The van der Waals surface area contributed by atoms with E-state index in [1.54, 1.807) is 19.1 Å². The molecule has 1 saturated carbocycles. The Hall–Kier alpha value is -0.640. The van der Waals surface area contributed by atoms with Gasteiger partial charge in [0.05, 0.1) is 12.1 Å². The fourth-order valence-corrected chi connectivity index (χ4v) is 2.24. The van der Waals surface area contributed by atoms with Crippen LogP contribution in [-0.2, 0) is 0 Å². The second kappa shape index (κ2) is 5.80. The van der Waals surface area contributed by atoms with E-state index in [2.05, 4.69) is 0 Å². The lowest BCUT2D eigenvalue weighted by Crippen LogP contribution is -2.36. The van der Waals surface area contributed by atoms with Crippen molar-refractivity contribution >= 4 is 12.4 Å². The van der Waals surface area contributed by atoms with Crippen molar-refractivity contribution in [2.75, 3.05) is 0 Å². The molecule has 1 fully saturated rings. The Balaban J connectivity index is 0.00000144. The van der Waals surface area contributed by atoms with Gasteiger partial charge in [0.2, 0.25) is 0 Å². The number of aliphatic hydroxyl groups is 1. The molecule has 1 aliphatic rings. The fourth-order valence-electron chi connectivity index (χ4n) is 2.24. The molecule has 2 atom stereocenters. The lowest BCUT2D eigenvalue weighted by atomic mass is 9.77. The minimum atomic E-state index is -0.547. The highest BCUT2D eigenvalue weighted by Crippen LogP contribution is 2.35. The van der Waals surface area contributed by atoms with Crippen molar-refractivity contribution in [1.29, 1.82) is 0 Å². The molecule has 3 N–H and O–H groups in total. The standard InChI is InChI=1S/C13H18FNO.ClH/c1-8-10(6-3-7-11(8)14)12(15)13(16)9-4-2-5-9;/h3,6-7,9,12-13,16H,2,4-5,15H2,1H3;1H/t12-,13+;/m0./s1. The van der Waals surface area contributed by atoms with E-state index < -0.39 is 12.1 Å². The van der Waals surface area contributed by atoms with E-state index in [9.17, 15) is 9.50 Å². The summed E-state index contributed by atoms with van der Waals surface area (Å²) in [5, 5.41) is 10.1. The predicted octanol–water partition coefficient (Wildman–Crippen LogP) is 2.72. The van der Waals surface area contributed by atoms with E-state index in [-0.39, 0.29) is 24.1 Å². The quantitative estimate of drug-likeness (QED) is 0.877. The van der Waals surface area contributed by atoms with Crippen LogP contribution in [0.4, 0.5) is 4.39 Å². The highest BCUT2D eigenvalue weighted by molar-refractivity contribution is 5.85. The number of nitrogens with two attached hydrogens (primary N) is 1. The van der Waals surface area contributed by atoms with Crippen LogP contribution in [0.25, 0.3) is 0 Å². The number of hydrogen-bond acceptors (Lipinski definition) is 2. The maximum Gasteiger partial charge on any atom is 0.126 e. The van der Waals surface area contributed by atoms with Crippen LogP contribution in [0.5, 0.6) is 0 Å². The van der Waals surface area contributed by atoms with Crippen LogP contribution in [-0.4, -0.2) is 11.2 Å². The molecule has 0 bridgehead atoms. The third-order valence-corrected chi connectivity index (χ3v) is 3.67. The Kier molecular flexibility index (Phi) is 4.92. The zero-order valence-electron chi connectivity index (χ0n) is 9.90. The molecule has 2 rings (SSSR count). The SMILES string of the molecule is Cc1c(F)cccc1[C@H](N)[C@H](O)C1CCC1.Cl. The molecule has 0 amide bonds. The molecule has 0 aliphatic heterocycles. The predicted molar refractivity (Wildman–Crippen MR) is 68.7 cm³/mol. The van der Waals surface area contributed by atoms with Crippen molar-refractivity contribution in [1.82, 2.24) is 0 Å². The van der Waals surface area contributed by atoms with Gasteiger partial charge in [-0.25, -0.2) is 4.39 Å². The highest BCUT2D eigenvalue weighted by Gasteiger charge is 2.31. The number of benzene rings is 1. The first-order valence-corrected chi connectivity index (χ1v) is 5.80. The summed E-state index contributed by atoms with van der Waals surface area (Å²) in [4.78, 5) is 0.